The second kappa shape index (κ2) is 5.36. The van der Waals surface area contributed by atoms with Crippen LogP contribution in [0.15, 0.2) is 40.7 Å². The first-order valence-corrected chi connectivity index (χ1v) is 6.77. The third kappa shape index (κ3) is 2.52. The van der Waals surface area contributed by atoms with Gasteiger partial charge in [-0.25, -0.2) is 0 Å². The molecule has 1 amide bonds. The number of rotatable bonds is 4. The molecule has 20 heavy (non-hydrogen) atoms. The predicted octanol–water partition coefficient (Wildman–Crippen LogP) is 2.52. The van der Waals surface area contributed by atoms with E-state index >= 15 is 0 Å². The number of allylic oxidation sites excluding steroid dienone is 1. The highest BCUT2D eigenvalue weighted by Gasteiger charge is 2.19. The third-order valence-corrected chi connectivity index (χ3v) is 3.44. The standard InChI is InChI=1S/C15H17N3O2/c1-18-10-12(14(17-18)13-7-4-8-20-13)15(19)16-9-11-5-2-3-6-11/h4-5,7-8,10H,2-3,6,9H2,1H3,(H,16,19). The molecule has 1 N–H and O–H groups in total. The fourth-order valence-corrected chi connectivity index (χ4v) is 2.44. The molecule has 3 rings (SSSR count). The summed E-state index contributed by atoms with van der Waals surface area (Å²) in [6.07, 6.45) is 8.89. The van der Waals surface area contributed by atoms with Crippen LogP contribution in [0.3, 0.4) is 0 Å². The number of aromatic nitrogens is 2. The van der Waals surface area contributed by atoms with Crippen molar-refractivity contribution in [3.63, 3.8) is 0 Å². The Kier molecular flexibility index (Phi) is 3.41. The summed E-state index contributed by atoms with van der Waals surface area (Å²) in [6, 6.07) is 3.59. The van der Waals surface area contributed by atoms with Crippen molar-refractivity contribution in [2.75, 3.05) is 6.54 Å². The molecule has 0 aliphatic heterocycles. The van der Waals surface area contributed by atoms with E-state index in [0.717, 1.165) is 12.8 Å². The first-order valence-electron chi connectivity index (χ1n) is 6.77. The van der Waals surface area contributed by atoms with Gasteiger partial charge in [0.15, 0.2) is 5.76 Å². The predicted molar refractivity (Wildman–Crippen MR) is 75.2 cm³/mol. The summed E-state index contributed by atoms with van der Waals surface area (Å²) >= 11 is 0. The summed E-state index contributed by atoms with van der Waals surface area (Å²) in [5.41, 5.74) is 2.43. The molecule has 0 radical (unpaired) electrons. The number of hydrogen-bond acceptors (Lipinski definition) is 3. The van der Waals surface area contributed by atoms with E-state index < -0.39 is 0 Å². The molecule has 0 saturated heterocycles. The van der Waals surface area contributed by atoms with Crippen molar-refractivity contribution in [2.45, 2.75) is 19.3 Å². The van der Waals surface area contributed by atoms with E-state index in [4.69, 9.17) is 4.42 Å². The van der Waals surface area contributed by atoms with Gasteiger partial charge in [-0.15, -0.1) is 0 Å². The van der Waals surface area contributed by atoms with Crippen LogP contribution >= 0.6 is 0 Å². The van der Waals surface area contributed by atoms with Gasteiger partial charge in [0, 0.05) is 19.8 Å². The largest absolute Gasteiger partial charge is 0.463 e. The lowest BCUT2D eigenvalue weighted by molar-refractivity contribution is 0.0957. The molecule has 0 bridgehead atoms. The minimum atomic E-state index is -0.114. The van der Waals surface area contributed by atoms with Crippen molar-refractivity contribution < 1.29 is 9.21 Å². The minimum absolute atomic E-state index is 0.114. The number of amides is 1. The average molecular weight is 271 g/mol. The highest BCUT2D eigenvalue weighted by Crippen LogP contribution is 2.22. The van der Waals surface area contributed by atoms with Crippen LogP contribution in [0.4, 0.5) is 0 Å². The van der Waals surface area contributed by atoms with Crippen molar-refractivity contribution in [2.24, 2.45) is 7.05 Å². The highest BCUT2D eigenvalue weighted by atomic mass is 16.3. The van der Waals surface area contributed by atoms with Crippen molar-refractivity contribution in [3.05, 3.63) is 41.8 Å². The Morgan fingerprint density at radius 3 is 3.15 bits per heavy atom. The van der Waals surface area contributed by atoms with Gasteiger partial charge in [0.1, 0.15) is 5.69 Å². The molecule has 2 heterocycles. The zero-order chi connectivity index (χ0) is 13.9. The molecule has 104 valence electrons. The Bertz CT molecular complexity index is 638. The van der Waals surface area contributed by atoms with Crippen LogP contribution in [-0.2, 0) is 7.05 Å². The molecule has 0 spiro atoms. The summed E-state index contributed by atoms with van der Waals surface area (Å²) in [5.74, 6) is 0.494. The minimum Gasteiger partial charge on any atom is -0.463 e. The van der Waals surface area contributed by atoms with Crippen LogP contribution in [0.2, 0.25) is 0 Å². The van der Waals surface area contributed by atoms with E-state index in [0.29, 0.717) is 23.6 Å². The SMILES string of the molecule is Cn1cc(C(=O)NCC2=CCCC2)c(-c2ccco2)n1. The second-order valence-electron chi connectivity index (χ2n) is 4.98. The number of carbonyl (C=O) groups is 1. The first-order chi connectivity index (χ1) is 9.74. The number of hydrogen-bond donors (Lipinski definition) is 1. The summed E-state index contributed by atoms with van der Waals surface area (Å²) in [4.78, 5) is 12.3. The van der Waals surface area contributed by atoms with Crippen LogP contribution in [0.25, 0.3) is 11.5 Å². The topological polar surface area (TPSA) is 60.1 Å². The lowest BCUT2D eigenvalue weighted by Crippen LogP contribution is -2.25. The van der Waals surface area contributed by atoms with Gasteiger partial charge in [-0.2, -0.15) is 5.10 Å². The van der Waals surface area contributed by atoms with Crippen LogP contribution < -0.4 is 5.32 Å². The van der Waals surface area contributed by atoms with Gasteiger partial charge in [-0.05, 0) is 31.4 Å². The van der Waals surface area contributed by atoms with E-state index in [1.165, 1.54) is 12.0 Å². The monoisotopic (exact) mass is 271 g/mol. The normalized spacial score (nSPS) is 14.3. The average Bonchev–Trinajstić information content (AvgIpc) is 3.16. The zero-order valence-electron chi connectivity index (χ0n) is 11.4. The summed E-state index contributed by atoms with van der Waals surface area (Å²) in [7, 11) is 1.79. The molecule has 5 heteroatoms. The van der Waals surface area contributed by atoms with Crippen LogP contribution in [0.5, 0.6) is 0 Å². The smallest absolute Gasteiger partial charge is 0.255 e. The van der Waals surface area contributed by atoms with Crippen LogP contribution in [0.1, 0.15) is 29.6 Å². The van der Waals surface area contributed by atoms with E-state index in [-0.39, 0.29) is 5.91 Å². The molecule has 0 fully saturated rings. The number of aryl methyl sites for hydroxylation is 1. The maximum Gasteiger partial charge on any atom is 0.255 e. The van der Waals surface area contributed by atoms with Gasteiger partial charge in [0.2, 0.25) is 0 Å². The molecule has 5 nitrogen and oxygen atoms in total. The van der Waals surface area contributed by atoms with E-state index in [9.17, 15) is 4.79 Å². The Morgan fingerprint density at radius 2 is 2.45 bits per heavy atom. The Balaban J connectivity index is 1.77. The number of furan rings is 1. The fourth-order valence-electron chi connectivity index (χ4n) is 2.44. The van der Waals surface area contributed by atoms with Gasteiger partial charge >= 0.3 is 0 Å². The van der Waals surface area contributed by atoms with Gasteiger partial charge in [0.25, 0.3) is 5.91 Å². The maximum absolute atomic E-state index is 12.3. The van der Waals surface area contributed by atoms with Crippen molar-refractivity contribution in [1.82, 2.24) is 15.1 Å². The zero-order valence-corrected chi connectivity index (χ0v) is 11.4. The van der Waals surface area contributed by atoms with Crippen molar-refractivity contribution >= 4 is 5.91 Å². The summed E-state index contributed by atoms with van der Waals surface area (Å²) in [6.45, 7) is 0.616. The van der Waals surface area contributed by atoms with E-state index in [2.05, 4.69) is 16.5 Å². The fraction of sp³-hybridized carbons (Fsp3) is 0.333. The van der Waals surface area contributed by atoms with E-state index in [1.54, 1.807) is 36.3 Å². The molecule has 2 aromatic heterocycles. The van der Waals surface area contributed by atoms with Gasteiger partial charge in [-0.1, -0.05) is 11.6 Å². The Labute approximate surface area is 117 Å². The quantitative estimate of drug-likeness (QED) is 0.869. The molecular formula is C15H17N3O2. The van der Waals surface area contributed by atoms with Crippen molar-refractivity contribution in [3.8, 4) is 11.5 Å². The molecular weight excluding hydrogens is 254 g/mol. The summed E-state index contributed by atoms with van der Waals surface area (Å²) in [5, 5.41) is 7.26. The number of nitrogens with zero attached hydrogens (tertiary/aromatic N) is 2. The Morgan fingerprint density at radius 1 is 1.55 bits per heavy atom. The van der Waals surface area contributed by atoms with Crippen LogP contribution in [0, 0.1) is 0 Å². The molecule has 0 aromatic carbocycles. The van der Waals surface area contributed by atoms with Crippen LogP contribution in [-0.4, -0.2) is 22.2 Å². The van der Waals surface area contributed by atoms with Crippen molar-refractivity contribution in [1.29, 1.82) is 0 Å². The van der Waals surface area contributed by atoms with Gasteiger partial charge in [-0.3, -0.25) is 9.48 Å². The number of nitrogens with one attached hydrogen (secondary N) is 1. The van der Waals surface area contributed by atoms with Gasteiger partial charge < -0.3 is 9.73 Å². The highest BCUT2D eigenvalue weighted by molar-refractivity contribution is 5.99. The molecule has 1 aliphatic carbocycles. The van der Waals surface area contributed by atoms with Gasteiger partial charge in [0.05, 0.1) is 11.8 Å². The molecule has 0 unspecified atom stereocenters. The third-order valence-electron chi connectivity index (χ3n) is 3.44. The Hall–Kier alpha value is -2.30. The molecule has 0 saturated carbocycles. The molecule has 0 atom stereocenters. The molecule has 1 aliphatic rings. The maximum atomic E-state index is 12.3. The van der Waals surface area contributed by atoms with E-state index in [1.807, 2.05) is 0 Å². The lowest BCUT2D eigenvalue weighted by Gasteiger charge is -2.05. The molecule has 2 aromatic rings. The summed E-state index contributed by atoms with van der Waals surface area (Å²) < 4.78 is 6.96. The second-order valence-corrected chi connectivity index (χ2v) is 4.98. The first kappa shape index (κ1) is 12.7. The number of carbonyl (C=O) groups excluding carboxylic acids is 1. The lowest BCUT2D eigenvalue weighted by atomic mass is 10.2.